The van der Waals surface area contributed by atoms with Gasteiger partial charge in [-0.15, -0.1) is 13.2 Å². The summed E-state index contributed by atoms with van der Waals surface area (Å²) < 4.78 is 45.8. The highest BCUT2D eigenvalue weighted by atomic mass is 19.4. The van der Waals surface area contributed by atoms with E-state index in [0.29, 0.717) is 19.8 Å². The van der Waals surface area contributed by atoms with Crippen LogP contribution in [0.2, 0.25) is 0 Å². The van der Waals surface area contributed by atoms with E-state index in [1.165, 1.54) is 24.3 Å². The highest BCUT2D eigenvalue weighted by molar-refractivity contribution is 5.78. The van der Waals surface area contributed by atoms with Crippen LogP contribution in [0.25, 0.3) is 0 Å². The number of halogens is 3. The van der Waals surface area contributed by atoms with Crippen LogP contribution >= 0.6 is 0 Å². The Morgan fingerprint density at radius 2 is 1.79 bits per heavy atom. The van der Waals surface area contributed by atoms with Gasteiger partial charge < -0.3 is 25.4 Å². The molecule has 6 nitrogen and oxygen atoms in total. The molecule has 3 rings (SSSR count). The number of hydrogen-bond acceptors (Lipinski definition) is 4. The number of hydrogen-bond donors (Lipinski definition) is 2. The van der Waals surface area contributed by atoms with E-state index in [9.17, 15) is 13.2 Å². The maximum atomic E-state index is 12.2. The molecule has 0 bridgehead atoms. The summed E-state index contributed by atoms with van der Waals surface area (Å²) in [6.07, 6.45) is -4.70. The summed E-state index contributed by atoms with van der Waals surface area (Å²) in [6, 6.07) is 13.6. The van der Waals surface area contributed by atoms with E-state index in [0.717, 1.165) is 29.9 Å². The molecule has 1 aliphatic heterocycles. The van der Waals surface area contributed by atoms with Gasteiger partial charge in [0.1, 0.15) is 5.75 Å². The van der Waals surface area contributed by atoms with E-state index < -0.39 is 6.36 Å². The van der Waals surface area contributed by atoms with Crippen molar-refractivity contribution < 1.29 is 22.6 Å². The summed E-state index contributed by atoms with van der Waals surface area (Å²) in [5, 5.41) is 3.09. The fourth-order valence-electron chi connectivity index (χ4n) is 2.99. The fourth-order valence-corrected chi connectivity index (χ4v) is 2.99. The van der Waals surface area contributed by atoms with Crippen LogP contribution in [0.4, 0.5) is 18.9 Å². The van der Waals surface area contributed by atoms with E-state index >= 15 is 0 Å². The number of ether oxygens (including phenoxy) is 2. The van der Waals surface area contributed by atoms with Crippen LogP contribution in [0.3, 0.4) is 0 Å². The zero-order chi connectivity index (χ0) is 20.7. The largest absolute Gasteiger partial charge is 0.573 e. The van der Waals surface area contributed by atoms with Crippen LogP contribution in [0, 0.1) is 0 Å². The van der Waals surface area contributed by atoms with Crippen molar-refractivity contribution >= 4 is 11.6 Å². The second-order valence-corrected chi connectivity index (χ2v) is 6.47. The highest BCUT2D eigenvalue weighted by Crippen LogP contribution is 2.23. The standard InChI is InChI=1S/C20H23F3N4O2/c21-20(22,23)29-17-7-5-15(6-8-17)13-25-19(24)26-14-16-3-1-2-4-18(16)27-9-11-28-12-10-27/h1-8H,9-14H2,(H3,24,25,26). The SMILES string of the molecule is NC(=NCc1ccc(OC(F)(F)F)cc1)NCc1ccccc1N1CCOCC1. The number of anilines is 1. The number of para-hydroxylation sites is 1. The van der Waals surface area contributed by atoms with Gasteiger partial charge in [-0.2, -0.15) is 0 Å². The van der Waals surface area contributed by atoms with Gasteiger partial charge in [0.05, 0.1) is 19.8 Å². The molecular formula is C20H23F3N4O2. The zero-order valence-electron chi connectivity index (χ0n) is 15.8. The average Bonchev–Trinajstić information content (AvgIpc) is 2.71. The first-order chi connectivity index (χ1) is 13.9. The molecule has 0 radical (unpaired) electrons. The van der Waals surface area contributed by atoms with Crippen LogP contribution in [0.1, 0.15) is 11.1 Å². The van der Waals surface area contributed by atoms with E-state index in [-0.39, 0.29) is 18.3 Å². The van der Waals surface area contributed by atoms with Gasteiger partial charge in [0.2, 0.25) is 0 Å². The van der Waals surface area contributed by atoms with E-state index in [1.54, 1.807) is 0 Å². The average molecular weight is 408 g/mol. The molecule has 0 unspecified atom stereocenters. The van der Waals surface area contributed by atoms with E-state index in [2.05, 4.69) is 26.0 Å². The summed E-state index contributed by atoms with van der Waals surface area (Å²) >= 11 is 0. The van der Waals surface area contributed by atoms with Gasteiger partial charge in [0.25, 0.3) is 0 Å². The van der Waals surface area contributed by atoms with Crippen LogP contribution in [0.5, 0.6) is 5.75 Å². The molecule has 0 saturated carbocycles. The van der Waals surface area contributed by atoms with Crippen LogP contribution < -0.4 is 20.7 Å². The van der Waals surface area contributed by atoms with Crippen molar-refractivity contribution in [1.29, 1.82) is 0 Å². The van der Waals surface area contributed by atoms with Gasteiger partial charge in [0.15, 0.2) is 5.96 Å². The predicted molar refractivity (Wildman–Crippen MR) is 105 cm³/mol. The van der Waals surface area contributed by atoms with Crippen LogP contribution in [0.15, 0.2) is 53.5 Å². The maximum Gasteiger partial charge on any atom is 0.573 e. The quantitative estimate of drug-likeness (QED) is 0.568. The topological polar surface area (TPSA) is 72.1 Å². The van der Waals surface area contributed by atoms with Crippen molar-refractivity contribution in [3.05, 3.63) is 59.7 Å². The first-order valence-electron chi connectivity index (χ1n) is 9.20. The Morgan fingerprint density at radius 1 is 1.10 bits per heavy atom. The Labute approximate surface area is 167 Å². The third-order valence-corrected chi connectivity index (χ3v) is 4.39. The number of nitrogens with two attached hydrogens (primary N) is 1. The Hall–Kier alpha value is -2.94. The summed E-state index contributed by atoms with van der Waals surface area (Å²) in [5.41, 5.74) is 8.90. The van der Waals surface area contributed by atoms with Gasteiger partial charge in [-0.25, -0.2) is 4.99 Å². The molecule has 2 aromatic rings. The summed E-state index contributed by atoms with van der Waals surface area (Å²) in [5.74, 6) is -0.00607. The molecule has 2 aromatic carbocycles. The fraction of sp³-hybridized carbons (Fsp3) is 0.350. The van der Waals surface area contributed by atoms with Gasteiger partial charge in [-0.05, 0) is 29.3 Å². The number of alkyl halides is 3. The van der Waals surface area contributed by atoms with E-state index in [1.807, 2.05) is 18.2 Å². The normalized spacial score (nSPS) is 15.3. The number of guanidine groups is 1. The maximum absolute atomic E-state index is 12.2. The first-order valence-corrected chi connectivity index (χ1v) is 9.20. The molecular weight excluding hydrogens is 385 g/mol. The second kappa shape index (κ2) is 9.51. The number of nitrogens with one attached hydrogen (secondary N) is 1. The van der Waals surface area contributed by atoms with Crippen molar-refractivity contribution in [2.24, 2.45) is 10.7 Å². The molecule has 1 aliphatic rings. The van der Waals surface area contributed by atoms with Crippen LogP contribution in [-0.2, 0) is 17.8 Å². The molecule has 9 heteroatoms. The lowest BCUT2D eigenvalue weighted by Gasteiger charge is -2.30. The molecule has 0 atom stereocenters. The summed E-state index contributed by atoms with van der Waals surface area (Å²) in [4.78, 5) is 6.52. The molecule has 0 aliphatic carbocycles. The molecule has 29 heavy (non-hydrogen) atoms. The molecule has 1 fully saturated rings. The molecule has 0 spiro atoms. The van der Waals surface area contributed by atoms with Gasteiger partial charge >= 0.3 is 6.36 Å². The van der Waals surface area contributed by atoms with Crippen LogP contribution in [-0.4, -0.2) is 38.6 Å². The highest BCUT2D eigenvalue weighted by Gasteiger charge is 2.30. The number of morpholine rings is 1. The Balaban J connectivity index is 1.54. The number of aliphatic imine (C=N–C) groups is 1. The second-order valence-electron chi connectivity index (χ2n) is 6.47. The van der Waals surface area contributed by atoms with Gasteiger partial charge in [-0.3, -0.25) is 0 Å². The lowest BCUT2D eigenvalue weighted by atomic mass is 10.1. The van der Waals surface area contributed by atoms with Crippen molar-refractivity contribution in [3.8, 4) is 5.75 Å². The Bertz CT molecular complexity index is 819. The lowest BCUT2D eigenvalue weighted by Crippen LogP contribution is -2.37. The molecule has 156 valence electrons. The summed E-state index contributed by atoms with van der Waals surface area (Å²) in [7, 11) is 0. The van der Waals surface area contributed by atoms with Gasteiger partial charge in [-0.1, -0.05) is 30.3 Å². The number of benzene rings is 2. The van der Waals surface area contributed by atoms with Crippen molar-refractivity contribution in [2.75, 3.05) is 31.2 Å². The Morgan fingerprint density at radius 3 is 2.48 bits per heavy atom. The first kappa shape index (κ1) is 20.8. The van der Waals surface area contributed by atoms with Crippen molar-refractivity contribution in [2.45, 2.75) is 19.5 Å². The molecule has 1 saturated heterocycles. The Kier molecular flexibility index (Phi) is 6.82. The molecule has 0 aromatic heterocycles. The molecule has 0 amide bonds. The minimum atomic E-state index is -4.70. The lowest BCUT2D eigenvalue weighted by molar-refractivity contribution is -0.274. The van der Waals surface area contributed by atoms with Gasteiger partial charge in [0, 0.05) is 25.3 Å². The predicted octanol–water partition coefficient (Wildman–Crippen LogP) is 3.03. The minimum absolute atomic E-state index is 0.246. The number of nitrogens with zero attached hydrogens (tertiary/aromatic N) is 2. The van der Waals surface area contributed by atoms with E-state index in [4.69, 9.17) is 10.5 Å². The zero-order valence-corrected chi connectivity index (χ0v) is 15.8. The number of rotatable bonds is 6. The third kappa shape index (κ3) is 6.56. The van der Waals surface area contributed by atoms with Crippen molar-refractivity contribution in [1.82, 2.24) is 5.32 Å². The monoisotopic (exact) mass is 408 g/mol. The minimum Gasteiger partial charge on any atom is -0.406 e. The van der Waals surface area contributed by atoms with Crippen molar-refractivity contribution in [3.63, 3.8) is 0 Å². The molecule has 1 heterocycles. The summed E-state index contributed by atoms with van der Waals surface area (Å²) in [6.45, 7) is 3.86. The molecule has 3 N–H and O–H groups in total. The third-order valence-electron chi connectivity index (χ3n) is 4.39. The smallest absolute Gasteiger partial charge is 0.406 e.